The monoisotopic (exact) mass is 456 g/mol. The van der Waals surface area contributed by atoms with E-state index in [0.717, 1.165) is 28.6 Å². The molecule has 1 fully saturated rings. The fourth-order valence-corrected chi connectivity index (χ4v) is 4.96. The molecule has 0 bridgehead atoms. The normalized spacial score (nSPS) is 14.4. The Morgan fingerprint density at radius 1 is 1.18 bits per heavy atom. The number of esters is 1. The molecule has 4 N–H and O–H groups in total. The van der Waals surface area contributed by atoms with Crippen molar-refractivity contribution in [3.8, 4) is 0 Å². The number of carbonyl (C=O) groups is 1. The molecule has 28 heavy (non-hydrogen) atoms. The highest BCUT2D eigenvalue weighted by Gasteiger charge is 2.18. The van der Waals surface area contributed by atoms with E-state index in [0.29, 0.717) is 26.2 Å². The van der Waals surface area contributed by atoms with Crippen LogP contribution in [-0.4, -0.2) is 29.3 Å². The Labute approximate surface area is 183 Å². The van der Waals surface area contributed by atoms with Crippen LogP contribution >= 0.6 is 47.4 Å². The van der Waals surface area contributed by atoms with Crippen molar-refractivity contribution >= 4 is 79.3 Å². The lowest BCUT2D eigenvalue weighted by atomic mass is 9.96. The van der Waals surface area contributed by atoms with Gasteiger partial charge in [-0.1, -0.05) is 30.9 Å². The first-order valence-electron chi connectivity index (χ1n) is 8.92. The summed E-state index contributed by atoms with van der Waals surface area (Å²) in [6.07, 6.45) is 6.05. The van der Waals surface area contributed by atoms with Gasteiger partial charge in [-0.2, -0.15) is 0 Å². The highest BCUT2D eigenvalue weighted by Crippen LogP contribution is 2.37. The number of fused-ring (bicyclic) bond motifs is 1. The van der Waals surface area contributed by atoms with Crippen LogP contribution in [0.5, 0.6) is 0 Å². The highest BCUT2D eigenvalue weighted by molar-refractivity contribution is 7.80. The summed E-state index contributed by atoms with van der Waals surface area (Å²) in [4.78, 5) is 12.2. The average Bonchev–Trinajstić information content (AvgIpc) is 3.02. The molecule has 1 aromatic heterocycles. The standard InChI is InChI=1S/C18H21ClN4O2S3/c1-25-16(24)15-14(19)12-8-7-11(9-13(12)28-15)21-18(27)23-22-17(26)20-10-5-3-2-4-6-10/h7-10H,2-6H2,1H3,(H2,20,22,26)(H2,21,23,27). The zero-order chi connectivity index (χ0) is 20.1. The Kier molecular flexibility index (Phi) is 7.28. The Balaban J connectivity index is 1.55. The number of hydrogen-bond acceptors (Lipinski definition) is 5. The van der Waals surface area contributed by atoms with Gasteiger partial charge in [0.05, 0.1) is 12.1 Å². The van der Waals surface area contributed by atoms with Crippen molar-refractivity contribution in [2.45, 2.75) is 38.1 Å². The Bertz CT molecular complexity index is 896. The minimum atomic E-state index is -0.443. The number of methoxy groups -OCH3 is 1. The quantitative estimate of drug-likeness (QED) is 0.309. The van der Waals surface area contributed by atoms with Gasteiger partial charge in [-0.3, -0.25) is 10.9 Å². The lowest BCUT2D eigenvalue weighted by molar-refractivity contribution is 0.0606. The molecule has 0 aliphatic heterocycles. The third kappa shape index (κ3) is 5.22. The van der Waals surface area contributed by atoms with Gasteiger partial charge in [0.2, 0.25) is 0 Å². The second-order valence-electron chi connectivity index (χ2n) is 6.46. The van der Waals surface area contributed by atoms with Gasteiger partial charge < -0.3 is 15.4 Å². The highest BCUT2D eigenvalue weighted by atomic mass is 35.5. The van der Waals surface area contributed by atoms with Crippen LogP contribution in [0.4, 0.5) is 5.69 Å². The fourth-order valence-electron chi connectivity index (χ4n) is 3.11. The lowest BCUT2D eigenvalue weighted by Crippen LogP contribution is -2.51. The van der Waals surface area contributed by atoms with Crippen molar-refractivity contribution in [2.24, 2.45) is 0 Å². The van der Waals surface area contributed by atoms with Crippen LogP contribution in [0.3, 0.4) is 0 Å². The molecule has 1 aliphatic rings. The third-order valence-corrected chi connectivity index (χ3v) is 6.55. The third-order valence-electron chi connectivity index (χ3n) is 4.49. The summed E-state index contributed by atoms with van der Waals surface area (Å²) in [6, 6.07) is 5.99. The number of thiocarbonyl (C=S) groups is 2. The number of hydrogen-bond donors (Lipinski definition) is 4. The molecule has 0 amide bonds. The molecule has 0 spiro atoms. The van der Waals surface area contributed by atoms with E-state index in [1.165, 1.54) is 37.7 Å². The van der Waals surface area contributed by atoms with Gasteiger partial charge in [0, 0.05) is 21.8 Å². The number of thiophene rings is 1. The Hall–Kier alpha value is -1.68. The van der Waals surface area contributed by atoms with Crippen LogP contribution in [0.15, 0.2) is 18.2 Å². The van der Waals surface area contributed by atoms with Gasteiger partial charge in [0.15, 0.2) is 10.2 Å². The van der Waals surface area contributed by atoms with Crippen molar-refractivity contribution < 1.29 is 9.53 Å². The molecule has 1 heterocycles. The molecule has 1 aliphatic carbocycles. The van der Waals surface area contributed by atoms with Gasteiger partial charge in [0.25, 0.3) is 0 Å². The molecule has 10 heteroatoms. The molecule has 0 atom stereocenters. The van der Waals surface area contributed by atoms with E-state index in [4.69, 9.17) is 40.8 Å². The van der Waals surface area contributed by atoms with Crippen LogP contribution in [0, 0.1) is 0 Å². The molecule has 0 saturated heterocycles. The molecule has 0 radical (unpaired) electrons. The van der Waals surface area contributed by atoms with E-state index < -0.39 is 5.97 Å². The first-order chi connectivity index (χ1) is 13.5. The maximum absolute atomic E-state index is 11.8. The topological polar surface area (TPSA) is 74.4 Å². The van der Waals surface area contributed by atoms with E-state index in [1.54, 1.807) is 0 Å². The van der Waals surface area contributed by atoms with Gasteiger partial charge in [0.1, 0.15) is 4.88 Å². The molecule has 1 aromatic carbocycles. The molecule has 2 aromatic rings. The molecule has 150 valence electrons. The van der Waals surface area contributed by atoms with E-state index in [-0.39, 0.29) is 0 Å². The van der Waals surface area contributed by atoms with E-state index in [1.807, 2.05) is 18.2 Å². The molecular weight excluding hydrogens is 436 g/mol. The minimum absolute atomic E-state index is 0.378. The van der Waals surface area contributed by atoms with Crippen LogP contribution in [0.25, 0.3) is 10.1 Å². The number of ether oxygens (including phenoxy) is 1. The number of carbonyl (C=O) groups excluding carboxylic acids is 1. The summed E-state index contributed by atoms with van der Waals surface area (Å²) < 4.78 is 5.63. The number of rotatable bonds is 3. The van der Waals surface area contributed by atoms with E-state index in [9.17, 15) is 4.79 Å². The van der Waals surface area contributed by atoms with Gasteiger partial charge in [-0.05, 0) is 55.5 Å². The first kappa shape index (κ1) is 21.0. The molecular formula is C18H21ClN4O2S3. The van der Waals surface area contributed by atoms with Gasteiger partial charge >= 0.3 is 5.97 Å². The van der Waals surface area contributed by atoms with Crippen molar-refractivity contribution in [1.82, 2.24) is 16.2 Å². The zero-order valence-electron chi connectivity index (χ0n) is 15.3. The molecule has 6 nitrogen and oxygen atoms in total. The van der Waals surface area contributed by atoms with Crippen LogP contribution < -0.4 is 21.5 Å². The maximum atomic E-state index is 11.8. The van der Waals surface area contributed by atoms with Crippen molar-refractivity contribution in [3.63, 3.8) is 0 Å². The van der Waals surface area contributed by atoms with Crippen molar-refractivity contribution in [3.05, 3.63) is 28.1 Å². The molecule has 1 saturated carbocycles. The van der Waals surface area contributed by atoms with Gasteiger partial charge in [-0.25, -0.2) is 4.79 Å². The van der Waals surface area contributed by atoms with Crippen molar-refractivity contribution in [2.75, 3.05) is 12.4 Å². The van der Waals surface area contributed by atoms with Crippen LogP contribution in [-0.2, 0) is 4.74 Å². The molecule has 0 unspecified atom stereocenters. The van der Waals surface area contributed by atoms with Crippen molar-refractivity contribution in [1.29, 1.82) is 0 Å². The zero-order valence-corrected chi connectivity index (χ0v) is 18.5. The van der Waals surface area contributed by atoms with Crippen LogP contribution in [0.2, 0.25) is 5.02 Å². The SMILES string of the molecule is COC(=O)c1sc2cc(NC(=S)NNC(=S)NC3CCCCC3)ccc2c1Cl. The Morgan fingerprint density at radius 3 is 2.61 bits per heavy atom. The average molecular weight is 457 g/mol. The summed E-state index contributed by atoms with van der Waals surface area (Å²) in [6.45, 7) is 0. The number of halogens is 1. The Morgan fingerprint density at radius 2 is 1.89 bits per heavy atom. The van der Waals surface area contributed by atoms with E-state index >= 15 is 0 Å². The number of benzene rings is 1. The first-order valence-corrected chi connectivity index (χ1v) is 10.9. The smallest absolute Gasteiger partial charge is 0.349 e. The number of anilines is 1. The summed E-state index contributed by atoms with van der Waals surface area (Å²) in [5.74, 6) is -0.443. The fraction of sp³-hybridized carbons (Fsp3) is 0.389. The molecule has 3 rings (SSSR count). The summed E-state index contributed by atoms with van der Waals surface area (Å²) in [5, 5.41) is 8.49. The largest absolute Gasteiger partial charge is 0.465 e. The predicted molar refractivity (Wildman–Crippen MR) is 123 cm³/mol. The summed E-state index contributed by atoms with van der Waals surface area (Å²) in [5.41, 5.74) is 6.56. The number of nitrogens with one attached hydrogen (secondary N) is 4. The van der Waals surface area contributed by atoms with Gasteiger partial charge in [-0.15, -0.1) is 11.3 Å². The second-order valence-corrected chi connectivity index (χ2v) is 8.71. The summed E-state index contributed by atoms with van der Waals surface area (Å²) in [7, 11) is 1.33. The summed E-state index contributed by atoms with van der Waals surface area (Å²) >= 11 is 18.2. The second kappa shape index (κ2) is 9.69. The van der Waals surface area contributed by atoms with E-state index in [2.05, 4.69) is 21.5 Å². The van der Waals surface area contributed by atoms with Crippen LogP contribution in [0.1, 0.15) is 41.8 Å². The lowest BCUT2D eigenvalue weighted by Gasteiger charge is -2.24. The predicted octanol–water partition coefficient (Wildman–Crippen LogP) is 4.34. The maximum Gasteiger partial charge on any atom is 0.349 e. The number of hydrazine groups is 1. The minimum Gasteiger partial charge on any atom is -0.465 e.